The maximum atomic E-state index is 13.0. The zero-order valence-electron chi connectivity index (χ0n) is 16.3. The summed E-state index contributed by atoms with van der Waals surface area (Å²) in [6.45, 7) is 2.45. The molecule has 0 spiro atoms. The first kappa shape index (κ1) is 19.4. The average molecular weight is 396 g/mol. The van der Waals surface area contributed by atoms with Crippen molar-refractivity contribution < 1.29 is 9.18 Å². The minimum atomic E-state index is -0.237. The summed E-state index contributed by atoms with van der Waals surface area (Å²) in [5.74, 6) is 0.0831. The molecule has 3 aromatic rings. The molecule has 1 saturated heterocycles. The van der Waals surface area contributed by atoms with Gasteiger partial charge in [-0.15, -0.1) is 0 Å². The topological polar surface area (TPSA) is 89.9 Å². The molecule has 1 aliphatic heterocycles. The van der Waals surface area contributed by atoms with Gasteiger partial charge in [0, 0.05) is 44.4 Å². The predicted octanol–water partition coefficient (Wildman–Crippen LogP) is 2.26. The number of halogens is 1. The Kier molecular flexibility index (Phi) is 5.80. The summed E-state index contributed by atoms with van der Waals surface area (Å²) in [5.41, 5.74) is 9.20. The second-order valence-electron chi connectivity index (χ2n) is 7.43. The molecule has 1 amide bonds. The van der Waals surface area contributed by atoms with Gasteiger partial charge in [-0.25, -0.2) is 19.0 Å². The first-order chi connectivity index (χ1) is 14.2. The highest BCUT2D eigenvalue weighted by Crippen LogP contribution is 2.30. The van der Waals surface area contributed by atoms with E-state index in [4.69, 9.17) is 10.8 Å². The predicted molar refractivity (Wildman–Crippen MR) is 108 cm³/mol. The van der Waals surface area contributed by atoms with Crippen LogP contribution in [-0.2, 0) is 17.8 Å². The first-order valence-electron chi connectivity index (χ1n) is 10.1. The van der Waals surface area contributed by atoms with E-state index >= 15 is 0 Å². The minimum absolute atomic E-state index is 0.159. The minimum Gasteiger partial charge on any atom is -0.342 e. The second kappa shape index (κ2) is 8.65. The maximum Gasteiger partial charge on any atom is 0.222 e. The van der Waals surface area contributed by atoms with E-state index in [2.05, 4.69) is 9.97 Å². The molecule has 0 bridgehead atoms. The molecule has 0 radical (unpaired) electrons. The van der Waals surface area contributed by atoms with E-state index < -0.39 is 0 Å². The number of carbonyl (C=O) groups is 1. The molecule has 0 saturated carbocycles. The molecule has 2 aromatic heterocycles. The van der Waals surface area contributed by atoms with Gasteiger partial charge in [0.2, 0.25) is 5.91 Å². The van der Waals surface area contributed by atoms with E-state index in [9.17, 15) is 9.18 Å². The molecule has 1 fully saturated rings. The number of nitrogens with two attached hydrogens (primary N) is 1. The lowest BCUT2D eigenvalue weighted by atomic mass is 10.0. The number of rotatable bonds is 7. The molecule has 3 heterocycles. The van der Waals surface area contributed by atoms with Crippen molar-refractivity contribution in [2.75, 3.05) is 19.6 Å². The second-order valence-corrected chi connectivity index (χ2v) is 7.43. The Morgan fingerprint density at radius 3 is 2.79 bits per heavy atom. The number of likely N-dealkylation sites (tertiary alicyclic amines) is 1. The summed E-state index contributed by atoms with van der Waals surface area (Å²) in [6.07, 6.45) is 6.22. The van der Waals surface area contributed by atoms with Crippen LogP contribution in [-0.4, -0.2) is 50.2 Å². The van der Waals surface area contributed by atoms with Gasteiger partial charge in [-0.3, -0.25) is 4.79 Å². The third-order valence-electron chi connectivity index (χ3n) is 5.43. The number of amides is 1. The van der Waals surface area contributed by atoms with Gasteiger partial charge in [0.15, 0.2) is 5.65 Å². The highest BCUT2D eigenvalue weighted by molar-refractivity contribution is 5.77. The summed E-state index contributed by atoms with van der Waals surface area (Å²) in [7, 11) is 0. The summed E-state index contributed by atoms with van der Waals surface area (Å²) in [6, 6.07) is 6.46. The summed E-state index contributed by atoms with van der Waals surface area (Å²) < 4.78 is 14.8. The summed E-state index contributed by atoms with van der Waals surface area (Å²) in [5, 5.41) is 4.71. The van der Waals surface area contributed by atoms with Crippen LogP contribution < -0.4 is 5.73 Å². The molecule has 8 heteroatoms. The first-order valence-corrected chi connectivity index (χ1v) is 10.1. The molecule has 0 unspecified atom stereocenters. The number of fused-ring (bicyclic) bond motifs is 1. The van der Waals surface area contributed by atoms with Gasteiger partial charge in [-0.1, -0.05) is 12.1 Å². The van der Waals surface area contributed by atoms with Crippen LogP contribution in [0.25, 0.3) is 11.2 Å². The Balaban J connectivity index is 1.37. The van der Waals surface area contributed by atoms with Crippen molar-refractivity contribution in [2.45, 2.75) is 38.1 Å². The van der Waals surface area contributed by atoms with Gasteiger partial charge < -0.3 is 10.6 Å². The van der Waals surface area contributed by atoms with E-state index in [0.717, 1.165) is 48.2 Å². The van der Waals surface area contributed by atoms with Crippen LogP contribution in [0.4, 0.5) is 4.39 Å². The fraction of sp³-hybridized carbons (Fsp3) is 0.429. The van der Waals surface area contributed by atoms with Crippen molar-refractivity contribution in [2.24, 2.45) is 5.73 Å². The number of carbonyl (C=O) groups excluding carboxylic acids is 1. The largest absolute Gasteiger partial charge is 0.342 e. The average Bonchev–Trinajstić information content (AvgIpc) is 3.35. The Labute approximate surface area is 168 Å². The quantitative estimate of drug-likeness (QED) is 0.662. The molecule has 29 heavy (non-hydrogen) atoms. The molecular weight excluding hydrogens is 371 g/mol. The molecule has 1 aromatic carbocycles. The van der Waals surface area contributed by atoms with Crippen LogP contribution >= 0.6 is 0 Å². The third kappa shape index (κ3) is 4.27. The Hall–Kier alpha value is -2.87. The summed E-state index contributed by atoms with van der Waals surface area (Å²) in [4.78, 5) is 23.4. The van der Waals surface area contributed by atoms with Crippen molar-refractivity contribution in [3.63, 3.8) is 0 Å². The number of hydrogen-bond acceptors (Lipinski definition) is 5. The number of aryl methyl sites for hydroxylation is 1. The smallest absolute Gasteiger partial charge is 0.222 e. The van der Waals surface area contributed by atoms with Gasteiger partial charge >= 0.3 is 0 Å². The Morgan fingerprint density at radius 2 is 2.00 bits per heavy atom. The normalized spacial score (nSPS) is 16.6. The van der Waals surface area contributed by atoms with E-state index in [0.29, 0.717) is 26.1 Å². The third-order valence-corrected chi connectivity index (χ3v) is 5.43. The number of nitrogens with zero attached hydrogens (tertiary/aromatic N) is 5. The van der Waals surface area contributed by atoms with Crippen molar-refractivity contribution >= 4 is 17.1 Å². The van der Waals surface area contributed by atoms with E-state index in [1.165, 1.54) is 12.1 Å². The van der Waals surface area contributed by atoms with E-state index in [-0.39, 0.29) is 17.6 Å². The molecule has 2 N–H and O–H groups in total. The lowest BCUT2D eigenvalue weighted by Crippen LogP contribution is -2.28. The molecule has 7 nitrogen and oxygen atoms in total. The fourth-order valence-electron chi connectivity index (χ4n) is 3.94. The van der Waals surface area contributed by atoms with Gasteiger partial charge in [-0.05, 0) is 37.0 Å². The van der Waals surface area contributed by atoms with Crippen LogP contribution in [0.2, 0.25) is 0 Å². The molecule has 0 aliphatic carbocycles. The lowest BCUT2D eigenvalue weighted by molar-refractivity contribution is -0.130. The molecule has 4 rings (SSSR count). The van der Waals surface area contributed by atoms with E-state index in [1.807, 2.05) is 9.58 Å². The lowest BCUT2D eigenvalue weighted by Gasteiger charge is -2.16. The van der Waals surface area contributed by atoms with Gasteiger partial charge in [0.05, 0.1) is 12.2 Å². The SMILES string of the molecule is NCCn1nc([C@H]2CCN(C(=O)CCCc3ccc(F)cc3)C2)c2nccnc21. The molecule has 152 valence electrons. The van der Waals surface area contributed by atoms with Crippen molar-refractivity contribution in [3.05, 3.63) is 53.7 Å². The standard InChI is InChI=1S/C21H25FN6O/c22-17-6-4-15(5-7-17)2-1-3-18(29)27-12-8-16(14-27)19-20-21(25-11-10-24-20)28(26-19)13-9-23/h4-7,10-11,16H,1-3,8-9,12-14,23H2/t16-/m0/s1. The van der Waals surface area contributed by atoms with Gasteiger partial charge in [-0.2, -0.15) is 5.10 Å². The maximum absolute atomic E-state index is 13.0. The highest BCUT2D eigenvalue weighted by Gasteiger charge is 2.31. The zero-order valence-corrected chi connectivity index (χ0v) is 16.3. The number of aromatic nitrogens is 4. The van der Waals surface area contributed by atoms with Crippen molar-refractivity contribution in [1.29, 1.82) is 0 Å². The van der Waals surface area contributed by atoms with Crippen LogP contribution in [0.3, 0.4) is 0 Å². The van der Waals surface area contributed by atoms with Gasteiger partial charge in [0.25, 0.3) is 0 Å². The van der Waals surface area contributed by atoms with Crippen LogP contribution in [0.5, 0.6) is 0 Å². The Bertz CT molecular complexity index is 987. The summed E-state index contributed by atoms with van der Waals surface area (Å²) >= 11 is 0. The van der Waals surface area contributed by atoms with Crippen molar-refractivity contribution in [1.82, 2.24) is 24.6 Å². The van der Waals surface area contributed by atoms with Crippen LogP contribution in [0.15, 0.2) is 36.7 Å². The number of hydrogen-bond donors (Lipinski definition) is 1. The monoisotopic (exact) mass is 396 g/mol. The van der Waals surface area contributed by atoms with Crippen LogP contribution in [0.1, 0.15) is 36.4 Å². The van der Waals surface area contributed by atoms with Crippen molar-refractivity contribution in [3.8, 4) is 0 Å². The van der Waals surface area contributed by atoms with E-state index in [1.54, 1.807) is 24.5 Å². The Morgan fingerprint density at radius 1 is 1.21 bits per heavy atom. The zero-order chi connectivity index (χ0) is 20.2. The molecule has 1 aliphatic rings. The highest BCUT2D eigenvalue weighted by atomic mass is 19.1. The number of benzene rings is 1. The fourth-order valence-corrected chi connectivity index (χ4v) is 3.94. The van der Waals surface area contributed by atoms with Crippen LogP contribution in [0, 0.1) is 5.82 Å². The molecular formula is C21H25FN6O. The van der Waals surface area contributed by atoms with Gasteiger partial charge in [0.1, 0.15) is 11.3 Å². The molecule has 1 atom stereocenters.